The first kappa shape index (κ1) is 12.5. The van der Waals surface area contributed by atoms with Gasteiger partial charge >= 0.3 is 5.97 Å². The first-order valence-electron chi connectivity index (χ1n) is 5.66. The Hall–Kier alpha value is -0.610. The second-order valence-electron chi connectivity index (χ2n) is 4.73. The third-order valence-electron chi connectivity index (χ3n) is 3.17. The first-order valence-corrected chi connectivity index (χ1v) is 5.66. The van der Waals surface area contributed by atoms with E-state index in [0.717, 1.165) is 19.5 Å². The van der Waals surface area contributed by atoms with E-state index in [1.807, 2.05) is 7.05 Å². The largest absolute Gasteiger partial charge is 0.481 e. The maximum atomic E-state index is 10.7. The zero-order valence-corrected chi connectivity index (χ0v) is 9.86. The van der Waals surface area contributed by atoms with Crippen LogP contribution in [-0.4, -0.2) is 48.2 Å². The summed E-state index contributed by atoms with van der Waals surface area (Å²) in [6, 6.07) is 0.933. The molecule has 4 heteroatoms. The number of likely N-dealkylation sites (N-methyl/N-ethyl adjacent to an activating group) is 1. The van der Waals surface area contributed by atoms with Crippen LogP contribution in [0.4, 0.5) is 0 Å². The monoisotopic (exact) mass is 214 g/mol. The number of piperidine rings is 1. The second-order valence-corrected chi connectivity index (χ2v) is 4.73. The second kappa shape index (κ2) is 5.47. The average Bonchev–Trinajstić information content (AvgIpc) is 2.16. The smallest absolute Gasteiger partial charge is 0.303 e. The van der Waals surface area contributed by atoms with Crippen molar-refractivity contribution < 1.29 is 9.90 Å². The van der Waals surface area contributed by atoms with Crippen LogP contribution in [0, 0.1) is 5.92 Å². The molecular formula is C11H22N2O2. The summed E-state index contributed by atoms with van der Waals surface area (Å²) in [5, 5.41) is 12.1. The van der Waals surface area contributed by atoms with Gasteiger partial charge in [0.15, 0.2) is 0 Å². The predicted molar refractivity (Wildman–Crippen MR) is 59.9 cm³/mol. The first-order chi connectivity index (χ1) is 7.02. The van der Waals surface area contributed by atoms with Crippen LogP contribution in [0.25, 0.3) is 0 Å². The number of carboxylic acid groups (broad SMARTS) is 1. The molecule has 1 aliphatic heterocycles. The summed E-state index contributed by atoms with van der Waals surface area (Å²) in [5.41, 5.74) is 0. The van der Waals surface area contributed by atoms with Crippen LogP contribution >= 0.6 is 0 Å². The highest BCUT2D eigenvalue weighted by atomic mass is 16.4. The van der Waals surface area contributed by atoms with E-state index in [9.17, 15) is 4.79 Å². The van der Waals surface area contributed by atoms with Crippen molar-refractivity contribution in [2.45, 2.75) is 38.8 Å². The van der Waals surface area contributed by atoms with E-state index < -0.39 is 5.97 Å². The Bertz CT molecular complexity index is 219. The quantitative estimate of drug-likeness (QED) is 0.726. The molecule has 4 nitrogen and oxygen atoms in total. The van der Waals surface area contributed by atoms with Crippen molar-refractivity contribution in [1.29, 1.82) is 0 Å². The van der Waals surface area contributed by atoms with Gasteiger partial charge in [0.05, 0.1) is 0 Å². The summed E-state index contributed by atoms with van der Waals surface area (Å²) in [6.45, 7) is 6.28. The fourth-order valence-electron chi connectivity index (χ4n) is 2.27. The molecule has 0 amide bonds. The molecule has 2 N–H and O–H groups in total. The lowest BCUT2D eigenvalue weighted by molar-refractivity contribution is -0.138. The number of nitrogens with one attached hydrogen (secondary N) is 1. The van der Waals surface area contributed by atoms with Crippen molar-refractivity contribution in [2.75, 3.05) is 20.1 Å². The van der Waals surface area contributed by atoms with Crippen molar-refractivity contribution in [1.82, 2.24) is 10.2 Å². The highest BCUT2D eigenvalue weighted by molar-refractivity contribution is 5.67. The number of hydrogen-bond donors (Lipinski definition) is 2. The molecular weight excluding hydrogens is 192 g/mol. The van der Waals surface area contributed by atoms with E-state index in [0.29, 0.717) is 18.5 Å². The third kappa shape index (κ3) is 3.80. The average molecular weight is 214 g/mol. The summed E-state index contributed by atoms with van der Waals surface area (Å²) >= 11 is 0. The molecule has 1 heterocycles. The van der Waals surface area contributed by atoms with E-state index in [-0.39, 0.29) is 5.92 Å². The topological polar surface area (TPSA) is 52.6 Å². The minimum Gasteiger partial charge on any atom is -0.481 e. The molecule has 0 aromatic heterocycles. The van der Waals surface area contributed by atoms with Crippen molar-refractivity contribution >= 4 is 5.97 Å². The van der Waals surface area contributed by atoms with Crippen molar-refractivity contribution in [2.24, 2.45) is 5.92 Å². The molecule has 0 spiro atoms. The van der Waals surface area contributed by atoms with Crippen molar-refractivity contribution in [3.05, 3.63) is 0 Å². The molecule has 0 aromatic carbocycles. The lowest BCUT2D eigenvalue weighted by Gasteiger charge is -2.39. The van der Waals surface area contributed by atoms with E-state index in [4.69, 9.17) is 5.11 Å². The molecule has 2 unspecified atom stereocenters. The minimum absolute atomic E-state index is 0.288. The molecule has 1 aliphatic rings. The molecule has 1 fully saturated rings. The fraction of sp³-hybridized carbons (Fsp3) is 0.909. The van der Waals surface area contributed by atoms with Gasteiger partial charge in [0, 0.05) is 31.6 Å². The number of rotatable bonds is 4. The third-order valence-corrected chi connectivity index (χ3v) is 3.17. The molecule has 0 aromatic rings. The number of aliphatic carboxylic acids is 1. The zero-order chi connectivity index (χ0) is 11.4. The highest BCUT2D eigenvalue weighted by Crippen LogP contribution is 2.21. The molecule has 0 radical (unpaired) electrons. The molecule has 0 bridgehead atoms. The summed E-state index contributed by atoms with van der Waals surface area (Å²) in [6.07, 6.45) is 1.27. The molecule has 0 saturated carbocycles. The van der Waals surface area contributed by atoms with Gasteiger partial charge < -0.3 is 10.4 Å². The van der Waals surface area contributed by atoms with E-state index in [1.54, 1.807) is 0 Å². The van der Waals surface area contributed by atoms with Crippen LogP contribution < -0.4 is 5.32 Å². The normalized spacial score (nSPS) is 28.3. The van der Waals surface area contributed by atoms with Crippen molar-refractivity contribution in [3.8, 4) is 0 Å². The number of carbonyl (C=O) groups is 1. The molecule has 88 valence electrons. The van der Waals surface area contributed by atoms with Gasteiger partial charge in [0.25, 0.3) is 0 Å². The predicted octanol–water partition coefficient (Wildman–Crippen LogP) is 0.779. The van der Waals surface area contributed by atoms with Crippen molar-refractivity contribution in [3.63, 3.8) is 0 Å². The van der Waals surface area contributed by atoms with Crippen LogP contribution in [0.2, 0.25) is 0 Å². The Labute approximate surface area is 91.6 Å². The lowest BCUT2D eigenvalue weighted by atomic mass is 9.91. The van der Waals surface area contributed by atoms with Crippen LogP contribution in [-0.2, 0) is 4.79 Å². The minimum atomic E-state index is -0.680. The van der Waals surface area contributed by atoms with Gasteiger partial charge in [-0.05, 0) is 33.2 Å². The van der Waals surface area contributed by atoms with E-state index in [2.05, 4.69) is 24.1 Å². The maximum Gasteiger partial charge on any atom is 0.303 e. The lowest BCUT2D eigenvalue weighted by Crippen LogP contribution is -2.50. The molecule has 2 atom stereocenters. The Morgan fingerprint density at radius 2 is 2.20 bits per heavy atom. The van der Waals surface area contributed by atoms with Gasteiger partial charge in [-0.1, -0.05) is 0 Å². The van der Waals surface area contributed by atoms with E-state index >= 15 is 0 Å². The number of hydrogen-bond acceptors (Lipinski definition) is 3. The van der Waals surface area contributed by atoms with Crippen LogP contribution in [0.1, 0.15) is 26.7 Å². The Morgan fingerprint density at radius 1 is 1.53 bits per heavy atom. The molecule has 1 saturated heterocycles. The summed E-state index contributed by atoms with van der Waals surface area (Å²) in [7, 11) is 1.95. The number of likely N-dealkylation sites (tertiary alicyclic amines) is 1. The van der Waals surface area contributed by atoms with Gasteiger partial charge in [0.1, 0.15) is 0 Å². The SMILES string of the molecule is CNC1CC(CC(=O)O)CN(C(C)C)C1. The fourth-order valence-corrected chi connectivity index (χ4v) is 2.27. The standard InChI is InChI=1S/C11H22N2O2/c1-8(2)13-6-9(5-11(14)15)4-10(7-13)12-3/h8-10,12H,4-7H2,1-3H3,(H,14,15). The van der Waals surface area contributed by atoms with Crippen LogP contribution in [0.15, 0.2) is 0 Å². The highest BCUT2D eigenvalue weighted by Gasteiger charge is 2.28. The Kier molecular flexibility index (Phi) is 4.54. The van der Waals surface area contributed by atoms with Gasteiger partial charge in [0.2, 0.25) is 0 Å². The molecule has 15 heavy (non-hydrogen) atoms. The molecule has 0 aliphatic carbocycles. The van der Waals surface area contributed by atoms with Gasteiger partial charge in [-0.3, -0.25) is 9.69 Å². The summed E-state index contributed by atoms with van der Waals surface area (Å²) in [5.74, 6) is -0.392. The van der Waals surface area contributed by atoms with E-state index in [1.165, 1.54) is 0 Å². The number of carboxylic acids is 1. The molecule has 1 rings (SSSR count). The van der Waals surface area contributed by atoms with Gasteiger partial charge in [-0.2, -0.15) is 0 Å². The van der Waals surface area contributed by atoms with Crippen LogP contribution in [0.5, 0.6) is 0 Å². The maximum absolute atomic E-state index is 10.7. The van der Waals surface area contributed by atoms with Gasteiger partial charge in [-0.15, -0.1) is 0 Å². The Balaban J connectivity index is 2.54. The zero-order valence-electron chi connectivity index (χ0n) is 9.86. The Morgan fingerprint density at radius 3 is 2.67 bits per heavy atom. The van der Waals surface area contributed by atoms with Crippen LogP contribution in [0.3, 0.4) is 0 Å². The number of nitrogens with zero attached hydrogens (tertiary/aromatic N) is 1. The van der Waals surface area contributed by atoms with Gasteiger partial charge in [-0.25, -0.2) is 0 Å². The summed E-state index contributed by atoms with van der Waals surface area (Å²) < 4.78 is 0. The summed E-state index contributed by atoms with van der Waals surface area (Å²) in [4.78, 5) is 13.1.